The van der Waals surface area contributed by atoms with Gasteiger partial charge in [0.1, 0.15) is 6.10 Å². The van der Waals surface area contributed by atoms with Crippen molar-refractivity contribution in [2.24, 2.45) is 5.73 Å². The van der Waals surface area contributed by atoms with Gasteiger partial charge in [0.2, 0.25) is 0 Å². The molecule has 0 aliphatic rings. The summed E-state index contributed by atoms with van der Waals surface area (Å²) in [7, 11) is -4.27. The number of ether oxygens (including phenoxy) is 2. The molecule has 0 saturated heterocycles. The van der Waals surface area contributed by atoms with Gasteiger partial charge in [-0.15, -0.1) is 0 Å². The van der Waals surface area contributed by atoms with Gasteiger partial charge in [0.05, 0.1) is 19.8 Å². The summed E-state index contributed by atoms with van der Waals surface area (Å²) in [5, 5.41) is 0. The van der Waals surface area contributed by atoms with Crippen molar-refractivity contribution < 1.29 is 32.8 Å². The fourth-order valence-corrected chi connectivity index (χ4v) is 7.15. The van der Waals surface area contributed by atoms with E-state index in [1.807, 2.05) is 0 Å². The third-order valence-electron chi connectivity index (χ3n) is 9.76. The summed E-state index contributed by atoms with van der Waals surface area (Å²) < 4.78 is 33.4. The molecule has 0 aromatic carbocycles. The maximum Gasteiger partial charge on any atom is 0.472 e. The van der Waals surface area contributed by atoms with Crippen LogP contribution in [0.1, 0.15) is 213 Å². The molecule has 3 N–H and O–H groups in total. The topological polar surface area (TPSA) is 117 Å². The van der Waals surface area contributed by atoms with Crippen molar-refractivity contribution in [3.8, 4) is 0 Å². The zero-order valence-electron chi connectivity index (χ0n) is 35.9. The molecular formula is C46H88NO7P. The van der Waals surface area contributed by atoms with E-state index in [0.717, 1.165) is 57.8 Å². The molecule has 0 bridgehead atoms. The average molecular weight is 798 g/mol. The Balaban J connectivity index is 3.84. The molecule has 2 atom stereocenters. The van der Waals surface area contributed by atoms with Crippen molar-refractivity contribution >= 4 is 13.8 Å². The first-order valence-corrected chi connectivity index (χ1v) is 24.5. The van der Waals surface area contributed by atoms with Crippen LogP contribution in [0.5, 0.6) is 0 Å². The fraction of sp³-hybridized carbons (Fsp3) is 0.848. The number of hydrogen-bond acceptors (Lipinski definition) is 7. The van der Waals surface area contributed by atoms with Crippen molar-refractivity contribution in [1.82, 2.24) is 0 Å². The molecule has 0 aliphatic carbocycles. The molecule has 8 nitrogen and oxygen atoms in total. The Morgan fingerprint density at radius 2 is 1.00 bits per heavy atom. The van der Waals surface area contributed by atoms with Crippen LogP contribution in [0.4, 0.5) is 0 Å². The van der Waals surface area contributed by atoms with E-state index in [2.05, 4.69) is 50.3 Å². The van der Waals surface area contributed by atoms with E-state index in [4.69, 9.17) is 24.3 Å². The van der Waals surface area contributed by atoms with Crippen LogP contribution in [0.15, 0.2) is 36.5 Å². The number of carbonyl (C=O) groups is 1. The minimum atomic E-state index is -4.27. The predicted molar refractivity (Wildman–Crippen MR) is 233 cm³/mol. The lowest BCUT2D eigenvalue weighted by Crippen LogP contribution is -2.28. The Bertz CT molecular complexity index is 941. The van der Waals surface area contributed by atoms with Crippen LogP contribution in [-0.2, 0) is 27.9 Å². The largest absolute Gasteiger partial charge is 0.472 e. The molecule has 0 heterocycles. The summed E-state index contributed by atoms with van der Waals surface area (Å²) in [6.45, 7) is 4.85. The molecule has 0 saturated carbocycles. The van der Waals surface area contributed by atoms with Gasteiger partial charge in [-0.25, -0.2) is 4.57 Å². The summed E-state index contributed by atoms with van der Waals surface area (Å²) in [5.74, 6) is -0.341. The highest BCUT2D eigenvalue weighted by atomic mass is 31.2. The van der Waals surface area contributed by atoms with Gasteiger partial charge in [0.25, 0.3) is 0 Å². The Morgan fingerprint density at radius 1 is 0.545 bits per heavy atom. The monoisotopic (exact) mass is 798 g/mol. The summed E-state index contributed by atoms with van der Waals surface area (Å²) in [6, 6.07) is 0. The maximum absolute atomic E-state index is 12.5. The van der Waals surface area contributed by atoms with Crippen molar-refractivity contribution in [2.45, 2.75) is 219 Å². The lowest BCUT2D eigenvalue weighted by Gasteiger charge is -2.20. The van der Waals surface area contributed by atoms with Gasteiger partial charge in [0.15, 0.2) is 0 Å². The number of phosphoric acid groups is 1. The highest BCUT2D eigenvalue weighted by Crippen LogP contribution is 2.43. The second-order valence-electron chi connectivity index (χ2n) is 15.3. The molecule has 0 amide bonds. The first-order valence-electron chi connectivity index (χ1n) is 23.0. The Kier molecular flexibility index (Phi) is 42.8. The summed E-state index contributed by atoms with van der Waals surface area (Å²) >= 11 is 0. The zero-order valence-corrected chi connectivity index (χ0v) is 36.8. The van der Waals surface area contributed by atoms with E-state index in [9.17, 15) is 14.3 Å². The lowest BCUT2D eigenvalue weighted by molar-refractivity contribution is -0.154. The van der Waals surface area contributed by atoms with E-state index >= 15 is 0 Å². The van der Waals surface area contributed by atoms with E-state index < -0.39 is 13.9 Å². The van der Waals surface area contributed by atoms with Gasteiger partial charge in [-0.1, -0.05) is 179 Å². The Labute approximate surface area is 339 Å². The molecular weight excluding hydrogens is 709 g/mol. The lowest BCUT2D eigenvalue weighted by atomic mass is 10.0. The molecule has 0 rings (SSSR count). The van der Waals surface area contributed by atoms with Gasteiger partial charge in [-0.3, -0.25) is 13.8 Å². The van der Waals surface area contributed by atoms with Crippen molar-refractivity contribution in [3.63, 3.8) is 0 Å². The minimum Gasteiger partial charge on any atom is -0.457 e. The third kappa shape index (κ3) is 43.7. The van der Waals surface area contributed by atoms with Gasteiger partial charge in [0, 0.05) is 19.6 Å². The number of carbonyl (C=O) groups excluding carboxylic acids is 1. The molecule has 0 spiro atoms. The SMILES string of the molecule is CCC/C=C\CCCCCCCC(=O)OC(COCCCCCCCCCCCCCCCC/C=C\C/C=C\CCCCCCC)COP(=O)(O)OCCN. The Hall–Kier alpha value is -1.28. The van der Waals surface area contributed by atoms with Crippen molar-refractivity contribution in [2.75, 3.05) is 33.0 Å². The number of hydrogen-bond donors (Lipinski definition) is 2. The maximum atomic E-state index is 12.5. The van der Waals surface area contributed by atoms with Crippen LogP contribution in [-0.4, -0.2) is 49.9 Å². The van der Waals surface area contributed by atoms with Gasteiger partial charge in [-0.2, -0.15) is 0 Å². The molecule has 2 unspecified atom stereocenters. The first-order chi connectivity index (χ1) is 26.9. The third-order valence-corrected chi connectivity index (χ3v) is 10.7. The fourth-order valence-electron chi connectivity index (χ4n) is 6.38. The molecule has 324 valence electrons. The zero-order chi connectivity index (χ0) is 40.2. The van der Waals surface area contributed by atoms with E-state index in [1.165, 1.54) is 135 Å². The first kappa shape index (κ1) is 53.7. The highest BCUT2D eigenvalue weighted by Gasteiger charge is 2.25. The molecule has 9 heteroatoms. The number of esters is 1. The Morgan fingerprint density at radius 3 is 1.51 bits per heavy atom. The van der Waals surface area contributed by atoms with E-state index in [1.54, 1.807) is 0 Å². The number of allylic oxidation sites excluding steroid dienone is 6. The summed E-state index contributed by atoms with van der Waals surface area (Å²) in [5.41, 5.74) is 5.36. The normalized spacial score (nSPS) is 13.7. The second-order valence-corrected chi connectivity index (χ2v) is 16.7. The number of rotatable bonds is 44. The van der Waals surface area contributed by atoms with Crippen LogP contribution in [0.2, 0.25) is 0 Å². The molecule has 0 aliphatic heterocycles. The smallest absolute Gasteiger partial charge is 0.457 e. The highest BCUT2D eigenvalue weighted by molar-refractivity contribution is 7.47. The number of unbranched alkanes of at least 4 members (excludes halogenated alkanes) is 25. The van der Waals surface area contributed by atoms with Gasteiger partial charge >= 0.3 is 13.8 Å². The summed E-state index contributed by atoms with van der Waals surface area (Å²) in [6.07, 6.45) is 50.4. The quantitative estimate of drug-likeness (QED) is 0.0271. The minimum absolute atomic E-state index is 0.0967. The molecule has 0 aromatic heterocycles. The molecule has 55 heavy (non-hydrogen) atoms. The molecule has 0 fully saturated rings. The number of phosphoric ester groups is 1. The average Bonchev–Trinajstić information content (AvgIpc) is 3.17. The second kappa shape index (κ2) is 43.8. The van der Waals surface area contributed by atoms with Crippen LogP contribution in [0, 0.1) is 0 Å². The van der Waals surface area contributed by atoms with E-state index in [0.29, 0.717) is 13.0 Å². The number of nitrogens with two attached hydrogens (primary N) is 1. The molecule has 0 radical (unpaired) electrons. The van der Waals surface area contributed by atoms with Gasteiger partial charge in [-0.05, 0) is 64.2 Å². The van der Waals surface area contributed by atoms with E-state index in [-0.39, 0.29) is 32.3 Å². The van der Waals surface area contributed by atoms with Crippen LogP contribution in [0.25, 0.3) is 0 Å². The van der Waals surface area contributed by atoms with Gasteiger partial charge < -0.3 is 20.1 Å². The van der Waals surface area contributed by atoms with Crippen LogP contribution < -0.4 is 5.73 Å². The van der Waals surface area contributed by atoms with Crippen LogP contribution >= 0.6 is 7.82 Å². The summed E-state index contributed by atoms with van der Waals surface area (Å²) in [4.78, 5) is 22.4. The van der Waals surface area contributed by atoms with Crippen molar-refractivity contribution in [3.05, 3.63) is 36.5 Å². The van der Waals surface area contributed by atoms with Crippen LogP contribution in [0.3, 0.4) is 0 Å². The van der Waals surface area contributed by atoms with Crippen molar-refractivity contribution in [1.29, 1.82) is 0 Å². The predicted octanol–water partition coefficient (Wildman–Crippen LogP) is 13.8. The molecule has 0 aromatic rings. The standard InChI is InChI=1S/C46H88NO7P/c1-3-5-7-9-11-13-15-16-17-18-19-20-21-22-23-24-25-26-27-28-29-30-32-34-36-38-41-51-43-45(44-53-55(49,50)52-42-40-47)54-46(48)39-37-35-33-31-14-12-10-8-6-4-2/h8,10,15-16,18-19,45H,3-7,9,11-14,17,20-44,47H2,1-2H3,(H,49,50)/b10-8-,16-15-,19-18-.